The maximum absolute atomic E-state index is 12.4. The summed E-state index contributed by atoms with van der Waals surface area (Å²) in [6.45, 7) is 2.70. The summed E-state index contributed by atoms with van der Waals surface area (Å²) >= 11 is 4.07. The number of hydrogen-bond acceptors (Lipinski definition) is 8. The summed E-state index contributed by atoms with van der Waals surface area (Å²) < 4.78 is 15.4. The minimum atomic E-state index is -0.645. The molecule has 2 amide bonds. The van der Waals surface area contributed by atoms with Gasteiger partial charge in [-0.25, -0.2) is 4.79 Å². The van der Waals surface area contributed by atoms with Crippen LogP contribution in [0.5, 0.6) is 5.75 Å². The van der Waals surface area contributed by atoms with Crippen LogP contribution < -0.4 is 4.74 Å². The fourth-order valence-corrected chi connectivity index (χ4v) is 3.49. The number of imide groups is 1. The highest BCUT2D eigenvalue weighted by Gasteiger charge is 2.36. The molecule has 0 spiro atoms. The van der Waals surface area contributed by atoms with Crippen LogP contribution in [0, 0.1) is 0 Å². The molecule has 2 rings (SSSR count). The van der Waals surface area contributed by atoms with E-state index in [0.717, 1.165) is 16.7 Å². The number of methoxy groups -OCH3 is 1. The molecule has 1 aliphatic rings. The molecule has 1 aromatic carbocycles. The molecule has 0 saturated carbocycles. The fourth-order valence-electron chi connectivity index (χ4n) is 2.14. The van der Waals surface area contributed by atoms with Gasteiger partial charge < -0.3 is 14.2 Å². The lowest BCUT2D eigenvalue weighted by atomic mass is 10.2. The molecule has 1 heterocycles. The summed E-state index contributed by atoms with van der Waals surface area (Å²) in [6.07, 6.45) is 1.20. The lowest BCUT2D eigenvalue weighted by Gasteiger charge is -2.13. The predicted octanol–water partition coefficient (Wildman–Crippen LogP) is 2.99. The van der Waals surface area contributed by atoms with E-state index >= 15 is 0 Å². The van der Waals surface area contributed by atoms with Gasteiger partial charge in [0.2, 0.25) is 0 Å². The van der Waals surface area contributed by atoms with Crippen molar-refractivity contribution in [2.24, 2.45) is 0 Å². The first-order valence-electron chi connectivity index (χ1n) is 8.15. The minimum absolute atomic E-state index is 0.192. The third kappa shape index (κ3) is 5.83. The number of hydrogen-bond donors (Lipinski definition) is 0. The van der Waals surface area contributed by atoms with E-state index in [1.165, 1.54) is 13.2 Å². The number of thioether (sulfide) groups is 1. The molecule has 0 N–H and O–H groups in total. The molecule has 1 aromatic rings. The lowest BCUT2D eigenvalue weighted by molar-refractivity contribution is -0.149. The normalized spacial score (nSPS) is 15.3. The van der Waals surface area contributed by atoms with E-state index < -0.39 is 29.6 Å². The summed E-state index contributed by atoms with van der Waals surface area (Å²) in [5.41, 5.74) is 0.632. The Labute approximate surface area is 174 Å². The van der Waals surface area contributed by atoms with E-state index in [1.807, 2.05) is 0 Å². The lowest BCUT2D eigenvalue weighted by Crippen LogP contribution is -2.35. The molecule has 0 unspecified atom stereocenters. The van der Waals surface area contributed by atoms with Gasteiger partial charge in [-0.05, 0) is 65.3 Å². The number of rotatable bonds is 7. The van der Waals surface area contributed by atoms with Crippen LogP contribution in [0.1, 0.15) is 19.4 Å². The van der Waals surface area contributed by atoms with Crippen LogP contribution in [0.4, 0.5) is 4.79 Å². The van der Waals surface area contributed by atoms with Crippen molar-refractivity contribution in [3.63, 3.8) is 0 Å². The van der Waals surface area contributed by atoms with Crippen LogP contribution >= 0.6 is 27.7 Å². The van der Waals surface area contributed by atoms with Crippen LogP contribution in [-0.4, -0.2) is 54.4 Å². The Bertz CT molecular complexity index is 837. The molecule has 10 heteroatoms. The number of ether oxygens (including phenoxy) is 3. The van der Waals surface area contributed by atoms with Gasteiger partial charge in [0.15, 0.2) is 6.61 Å². The molecule has 0 radical (unpaired) electrons. The largest absolute Gasteiger partial charge is 0.481 e. The van der Waals surface area contributed by atoms with Crippen molar-refractivity contribution in [3.05, 3.63) is 33.1 Å². The zero-order chi connectivity index (χ0) is 20.8. The second-order valence-corrected chi connectivity index (χ2v) is 7.71. The average Bonchev–Trinajstić information content (AvgIpc) is 2.87. The molecule has 1 saturated heterocycles. The van der Waals surface area contributed by atoms with Crippen molar-refractivity contribution >= 4 is 56.9 Å². The van der Waals surface area contributed by atoms with Gasteiger partial charge in [-0.15, -0.1) is 0 Å². The van der Waals surface area contributed by atoms with Crippen molar-refractivity contribution < 1.29 is 33.4 Å². The van der Waals surface area contributed by atoms with E-state index in [1.54, 1.807) is 32.0 Å². The first kappa shape index (κ1) is 22.0. The van der Waals surface area contributed by atoms with Gasteiger partial charge in [0, 0.05) is 0 Å². The SMILES string of the molecule is COC(=O)COc1ccc(/C=C2\SC(=O)N(CC(=O)OC(C)C)C2=O)cc1Br. The molecule has 8 nitrogen and oxygen atoms in total. The van der Waals surface area contributed by atoms with E-state index in [4.69, 9.17) is 9.47 Å². The number of esters is 2. The van der Waals surface area contributed by atoms with Gasteiger partial charge in [0.05, 0.1) is 22.6 Å². The highest BCUT2D eigenvalue weighted by atomic mass is 79.9. The topological polar surface area (TPSA) is 99.2 Å². The predicted molar refractivity (Wildman–Crippen MR) is 106 cm³/mol. The van der Waals surface area contributed by atoms with Gasteiger partial charge in [0.1, 0.15) is 12.3 Å². The van der Waals surface area contributed by atoms with Crippen LogP contribution in [0.3, 0.4) is 0 Å². The zero-order valence-corrected chi connectivity index (χ0v) is 17.8. The van der Waals surface area contributed by atoms with Crippen molar-refractivity contribution in [2.75, 3.05) is 20.3 Å². The Morgan fingerprint density at radius 1 is 1.25 bits per heavy atom. The van der Waals surface area contributed by atoms with Gasteiger partial charge in [-0.3, -0.25) is 19.3 Å². The number of halogens is 1. The van der Waals surface area contributed by atoms with Gasteiger partial charge in [-0.1, -0.05) is 6.07 Å². The summed E-state index contributed by atoms with van der Waals surface area (Å²) in [6, 6.07) is 4.95. The van der Waals surface area contributed by atoms with E-state index in [-0.39, 0.29) is 17.6 Å². The highest BCUT2D eigenvalue weighted by molar-refractivity contribution is 9.10. The maximum atomic E-state index is 12.4. The van der Waals surface area contributed by atoms with Crippen LogP contribution in [0.15, 0.2) is 27.6 Å². The molecule has 28 heavy (non-hydrogen) atoms. The number of amides is 2. The average molecular weight is 472 g/mol. The summed E-state index contributed by atoms with van der Waals surface area (Å²) in [5.74, 6) is -1.29. The Kier molecular flexibility index (Phi) is 7.64. The first-order chi connectivity index (χ1) is 13.2. The third-order valence-corrected chi connectivity index (χ3v) is 4.88. The van der Waals surface area contributed by atoms with Gasteiger partial charge in [0.25, 0.3) is 11.1 Å². The summed E-state index contributed by atoms with van der Waals surface area (Å²) in [5, 5.41) is -0.533. The van der Waals surface area contributed by atoms with Gasteiger partial charge in [-0.2, -0.15) is 0 Å². The van der Waals surface area contributed by atoms with Crippen molar-refractivity contribution in [3.8, 4) is 5.75 Å². The van der Waals surface area contributed by atoms with Gasteiger partial charge >= 0.3 is 11.9 Å². The second-order valence-electron chi connectivity index (χ2n) is 5.86. The Morgan fingerprint density at radius 2 is 1.96 bits per heavy atom. The van der Waals surface area contributed by atoms with E-state index in [2.05, 4.69) is 20.7 Å². The van der Waals surface area contributed by atoms with Crippen molar-refractivity contribution in [1.29, 1.82) is 0 Å². The van der Waals surface area contributed by atoms with E-state index in [9.17, 15) is 19.2 Å². The number of benzene rings is 1. The molecule has 0 atom stereocenters. The zero-order valence-electron chi connectivity index (χ0n) is 15.4. The summed E-state index contributed by atoms with van der Waals surface area (Å²) in [7, 11) is 1.26. The number of carbonyl (C=O) groups excluding carboxylic acids is 4. The van der Waals surface area contributed by atoms with Crippen molar-refractivity contribution in [1.82, 2.24) is 4.90 Å². The monoisotopic (exact) mass is 471 g/mol. The van der Waals surface area contributed by atoms with Crippen LogP contribution in [0.2, 0.25) is 0 Å². The second kappa shape index (κ2) is 9.74. The molecule has 0 bridgehead atoms. The Balaban J connectivity index is 2.09. The molecule has 0 aromatic heterocycles. The smallest absolute Gasteiger partial charge is 0.343 e. The molecule has 1 aliphatic heterocycles. The minimum Gasteiger partial charge on any atom is -0.481 e. The molecule has 0 aliphatic carbocycles. The standard InChI is InChI=1S/C18H18BrNO7S/c1-10(2)27-15(21)8-20-17(23)14(28-18(20)24)7-11-4-5-13(12(19)6-11)26-9-16(22)25-3/h4-7,10H,8-9H2,1-3H3/b14-7-. The molecular formula is C18H18BrNO7S. The third-order valence-electron chi connectivity index (χ3n) is 3.35. The van der Waals surface area contributed by atoms with Crippen LogP contribution in [-0.2, 0) is 23.9 Å². The number of carbonyl (C=O) groups is 4. The number of nitrogens with zero attached hydrogens (tertiary/aromatic N) is 1. The first-order valence-corrected chi connectivity index (χ1v) is 9.76. The Morgan fingerprint density at radius 3 is 2.57 bits per heavy atom. The molecule has 150 valence electrons. The van der Waals surface area contributed by atoms with Crippen LogP contribution in [0.25, 0.3) is 6.08 Å². The summed E-state index contributed by atoms with van der Waals surface area (Å²) in [4.78, 5) is 48.4. The highest BCUT2D eigenvalue weighted by Crippen LogP contribution is 2.33. The molecular weight excluding hydrogens is 454 g/mol. The van der Waals surface area contributed by atoms with Crippen molar-refractivity contribution in [2.45, 2.75) is 20.0 Å². The van der Waals surface area contributed by atoms with E-state index in [0.29, 0.717) is 15.8 Å². The Hall–Kier alpha value is -2.33. The quantitative estimate of drug-likeness (QED) is 0.441. The molecule has 1 fully saturated rings. The maximum Gasteiger partial charge on any atom is 0.343 e. The fraction of sp³-hybridized carbons (Fsp3) is 0.333.